The molecule has 4 N–H and O–H groups in total. The molecule has 36 heavy (non-hydrogen) atoms. The molecule has 4 aromatic rings. The van der Waals surface area contributed by atoms with Crippen molar-refractivity contribution in [2.75, 3.05) is 20.0 Å². The van der Waals surface area contributed by atoms with Crippen molar-refractivity contribution < 1.29 is 28.9 Å². The molecular formula is C20H17N9O7. The van der Waals surface area contributed by atoms with Gasteiger partial charge in [-0.05, 0) is 34.6 Å². The first-order valence-electron chi connectivity index (χ1n) is 9.91. The summed E-state index contributed by atoms with van der Waals surface area (Å²) in [6, 6.07) is 8.28. The van der Waals surface area contributed by atoms with Crippen LogP contribution in [0.1, 0.15) is 16.1 Å². The molecule has 184 valence electrons. The number of phenolic OH excluding ortho intramolecular Hbond substituents is 1. The van der Waals surface area contributed by atoms with Crippen molar-refractivity contribution in [2.45, 2.75) is 0 Å². The Hall–Kier alpha value is -5.54. The lowest BCUT2D eigenvalue weighted by Crippen LogP contribution is -2.19. The number of aromatic hydroxyl groups is 1. The average molecular weight is 495 g/mol. The van der Waals surface area contributed by atoms with E-state index in [2.05, 4.69) is 35.8 Å². The Morgan fingerprint density at radius 2 is 1.89 bits per heavy atom. The zero-order valence-electron chi connectivity index (χ0n) is 18.6. The van der Waals surface area contributed by atoms with Gasteiger partial charge in [0.25, 0.3) is 11.6 Å². The number of hydrogen-bond acceptors (Lipinski definition) is 13. The zero-order chi connectivity index (χ0) is 25.8. The van der Waals surface area contributed by atoms with Crippen LogP contribution in [0.25, 0.3) is 17.1 Å². The minimum Gasteiger partial charge on any atom is -0.502 e. The molecule has 0 bridgehead atoms. The molecule has 2 heterocycles. The number of benzene rings is 2. The highest BCUT2D eigenvalue weighted by Gasteiger charge is 2.25. The molecule has 0 atom stereocenters. The third-order valence-corrected chi connectivity index (χ3v) is 4.81. The number of phenols is 1. The molecule has 2 aromatic carbocycles. The van der Waals surface area contributed by atoms with Crippen LogP contribution in [0.15, 0.2) is 46.1 Å². The van der Waals surface area contributed by atoms with Crippen LogP contribution in [0, 0.1) is 10.1 Å². The Labute approximate surface area is 201 Å². The van der Waals surface area contributed by atoms with Gasteiger partial charge in [-0.25, -0.2) is 10.1 Å². The standard InChI is InChI=1S/C20H17N9O7/c1-34-13-7-10(8-14(35-2)17(13)30)9-22-24-20(31)15-16(11-3-5-12(6-4-11)29(32)33)28(27-23-15)19-18(21)25-36-26-19/h3-9,30H,1-2H3,(H2,21,25)(H,24,31). The van der Waals surface area contributed by atoms with Gasteiger partial charge in [0.2, 0.25) is 17.4 Å². The fraction of sp³-hybridized carbons (Fsp3) is 0.100. The number of hydrazone groups is 1. The molecule has 0 saturated carbocycles. The summed E-state index contributed by atoms with van der Waals surface area (Å²) in [6.07, 6.45) is 1.29. The summed E-state index contributed by atoms with van der Waals surface area (Å²) >= 11 is 0. The van der Waals surface area contributed by atoms with Gasteiger partial charge in [0, 0.05) is 23.3 Å². The maximum atomic E-state index is 12.9. The van der Waals surface area contributed by atoms with Crippen molar-refractivity contribution in [1.29, 1.82) is 0 Å². The van der Waals surface area contributed by atoms with Crippen molar-refractivity contribution in [3.8, 4) is 34.3 Å². The Morgan fingerprint density at radius 3 is 2.44 bits per heavy atom. The Morgan fingerprint density at radius 1 is 1.22 bits per heavy atom. The molecule has 16 nitrogen and oxygen atoms in total. The van der Waals surface area contributed by atoms with E-state index in [0.717, 1.165) is 4.68 Å². The molecule has 0 aliphatic carbocycles. The predicted molar refractivity (Wildman–Crippen MR) is 122 cm³/mol. The topological polar surface area (TPSA) is 219 Å². The summed E-state index contributed by atoms with van der Waals surface area (Å²) in [5.41, 5.74) is 8.63. The lowest BCUT2D eigenvalue weighted by molar-refractivity contribution is -0.384. The molecule has 0 aliphatic heterocycles. The number of nitrogens with one attached hydrogen (secondary N) is 1. The second kappa shape index (κ2) is 9.75. The van der Waals surface area contributed by atoms with Crippen molar-refractivity contribution in [2.24, 2.45) is 5.10 Å². The summed E-state index contributed by atoms with van der Waals surface area (Å²) < 4.78 is 15.9. The molecule has 0 fully saturated rings. The third kappa shape index (κ3) is 4.45. The van der Waals surface area contributed by atoms with Gasteiger partial charge in [-0.3, -0.25) is 14.9 Å². The minimum atomic E-state index is -0.765. The van der Waals surface area contributed by atoms with Crippen LogP contribution >= 0.6 is 0 Å². The molecule has 0 unspecified atom stereocenters. The molecule has 2 aromatic heterocycles. The van der Waals surface area contributed by atoms with E-state index >= 15 is 0 Å². The third-order valence-electron chi connectivity index (χ3n) is 4.81. The number of nitrogens with two attached hydrogens (primary N) is 1. The summed E-state index contributed by atoms with van der Waals surface area (Å²) in [4.78, 5) is 23.4. The van der Waals surface area contributed by atoms with Crippen LogP contribution in [-0.2, 0) is 0 Å². The van der Waals surface area contributed by atoms with E-state index in [4.69, 9.17) is 15.2 Å². The van der Waals surface area contributed by atoms with E-state index in [1.807, 2.05) is 0 Å². The van der Waals surface area contributed by atoms with Gasteiger partial charge < -0.3 is 20.3 Å². The number of ether oxygens (including phenoxy) is 2. The normalized spacial score (nSPS) is 10.9. The fourth-order valence-electron chi connectivity index (χ4n) is 3.13. The number of non-ortho nitro benzene ring substituents is 1. The largest absolute Gasteiger partial charge is 0.502 e. The first kappa shape index (κ1) is 23.6. The summed E-state index contributed by atoms with van der Waals surface area (Å²) in [5, 5.41) is 39.9. The average Bonchev–Trinajstić information content (AvgIpc) is 3.50. The van der Waals surface area contributed by atoms with Crippen LogP contribution in [-0.4, -0.2) is 61.7 Å². The number of carbonyl (C=O) groups excluding carboxylic acids is 1. The molecule has 1 amide bonds. The van der Waals surface area contributed by atoms with E-state index in [-0.39, 0.29) is 46.0 Å². The van der Waals surface area contributed by atoms with Crippen LogP contribution in [0.5, 0.6) is 17.2 Å². The number of carbonyl (C=O) groups is 1. The van der Waals surface area contributed by atoms with E-state index in [1.54, 1.807) is 0 Å². The number of hydrogen-bond donors (Lipinski definition) is 3. The van der Waals surface area contributed by atoms with Crippen molar-refractivity contribution in [3.05, 3.63) is 57.8 Å². The van der Waals surface area contributed by atoms with Gasteiger partial charge in [-0.15, -0.1) is 5.10 Å². The van der Waals surface area contributed by atoms with E-state index in [1.165, 1.54) is 56.8 Å². The molecule has 0 radical (unpaired) electrons. The second-order valence-corrected chi connectivity index (χ2v) is 6.95. The molecule has 4 rings (SSSR count). The Bertz CT molecular complexity index is 1440. The first-order valence-corrected chi connectivity index (χ1v) is 9.91. The lowest BCUT2D eigenvalue weighted by atomic mass is 10.1. The Balaban J connectivity index is 1.67. The highest BCUT2D eigenvalue weighted by Crippen LogP contribution is 2.36. The number of methoxy groups -OCH3 is 2. The maximum absolute atomic E-state index is 12.9. The van der Waals surface area contributed by atoms with Crippen LogP contribution in [0.2, 0.25) is 0 Å². The highest BCUT2D eigenvalue weighted by atomic mass is 16.6. The van der Waals surface area contributed by atoms with Gasteiger partial charge in [-0.1, -0.05) is 5.21 Å². The molecule has 0 spiro atoms. The van der Waals surface area contributed by atoms with Crippen LogP contribution in [0.4, 0.5) is 11.5 Å². The van der Waals surface area contributed by atoms with Gasteiger partial charge in [0.15, 0.2) is 17.2 Å². The molecular weight excluding hydrogens is 478 g/mol. The second-order valence-electron chi connectivity index (χ2n) is 6.95. The highest BCUT2D eigenvalue weighted by molar-refractivity contribution is 5.99. The van der Waals surface area contributed by atoms with Gasteiger partial charge >= 0.3 is 0 Å². The van der Waals surface area contributed by atoms with Crippen molar-refractivity contribution in [3.63, 3.8) is 0 Å². The number of nitro benzene ring substituents is 1. The number of amides is 1. The lowest BCUT2D eigenvalue weighted by Gasteiger charge is -2.09. The monoisotopic (exact) mass is 495 g/mol. The van der Waals surface area contributed by atoms with Gasteiger partial charge in [0.05, 0.1) is 25.4 Å². The molecule has 16 heteroatoms. The smallest absolute Gasteiger partial charge is 0.294 e. The van der Waals surface area contributed by atoms with Gasteiger partial charge in [0.1, 0.15) is 5.69 Å². The maximum Gasteiger partial charge on any atom is 0.294 e. The first-order chi connectivity index (χ1) is 17.3. The molecule has 0 saturated heterocycles. The zero-order valence-corrected chi connectivity index (χ0v) is 18.6. The van der Waals surface area contributed by atoms with E-state index < -0.39 is 10.8 Å². The minimum absolute atomic E-state index is 0.0401. The Kier molecular flexibility index (Phi) is 6.40. The summed E-state index contributed by atoms with van der Waals surface area (Å²) in [7, 11) is 2.74. The van der Waals surface area contributed by atoms with Gasteiger partial charge in [-0.2, -0.15) is 9.78 Å². The summed E-state index contributed by atoms with van der Waals surface area (Å²) in [6.45, 7) is 0. The van der Waals surface area contributed by atoms with Crippen molar-refractivity contribution >= 4 is 23.6 Å². The number of rotatable bonds is 8. The van der Waals surface area contributed by atoms with Crippen LogP contribution in [0.3, 0.4) is 0 Å². The summed E-state index contributed by atoms with van der Waals surface area (Å²) in [5.74, 6) is -0.829. The van der Waals surface area contributed by atoms with Crippen molar-refractivity contribution in [1.82, 2.24) is 30.7 Å². The quantitative estimate of drug-likeness (QED) is 0.179. The number of nitrogen functional groups attached to an aromatic ring is 1. The van der Waals surface area contributed by atoms with E-state index in [9.17, 15) is 20.0 Å². The van der Waals surface area contributed by atoms with E-state index in [0.29, 0.717) is 11.1 Å². The predicted octanol–water partition coefficient (Wildman–Crippen LogP) is 1.29. The molecule has 0 aliphatic rings. The number of anilines is 1. The fourth-order valence-corrected chi connectivity index (χ4v) is 3.13. The SMILES string of the molecule is COc1cc(C=NNC(=O)c2nnn(-c3nonc3N)c2-c2ccc([N+](=O)[O-])cc2)cc(OC)c1O. The number of aromatic nitrogens is 5. The van der Waals surface area contributed by atoms with Crippen LogP contribution < -0.4 is 20.6 Å². The number of nitrogens with zero attached hydrogens (tertiary/aromatic N) is 7. The number of nitro groups is 1.